The van der Waals surface area contributed by atoms with Gasteiger partial charge in [0.25, 0.3) is 0 Å². The van der Waals surface area contributed by atoms with E-state index >= 15 is 0 Å². The lowest BCUT2D eigenvalue weighted by Crippen LogP contribution is -2.14. The minimum absolute atomic E-state index is 0.154. The number of nitrogens with one attached hydrogen (secondary N) is 1. The summed E-state index contributed by atoms with van der Waals surface area (Å²) in [5, 5.41) is 15.0. The maximum absolute atomic E-state index is 11.9. The third kappa shape index (κ3) is 4.03. The van der Waals surface area contributed by atoms with E-state index in [1.165, 1.54) is 23.1 Å². The van der Waals surface area contributed by atoms with Crippen molar-refractivity contribution in [1.82, 2.24) is 9.97 Å². The molecule has 2 aromatic rings. The lowest BCUT2D eigenvalue weighted by molar-refractivity contribution is -0.113. The molecule has 7 heteroatoms. The number of carbonyl (C=O) groups excluding carboxylic acids is 1. The summed E-state index contributed by atoms with van der Waals surface area (Å²) in [6, 6.07) is 4.00. The van der Waals surface area contributed by atoms with Crippen LogP contribution >= 0.6 is 23.1 Å². The fourth-order valence-electron chi connectivity index (χ4n) is 1.74. The standard InChI is InChI=1S/C14H14N4OS2/c1-8-4-9(2)16-13(11(8)5-15)20-7-12(19)18-14-17-10(3)6-21-14/h4,6H,7H2,1-3H3,(H,17,18,19). The number of hydrogen-bond donors (Lipinski definition) is 1. The average molecular weight is 318 g/mol. The SMILES string of the molecule is Cc1csc(NC(=O)CSc2nc(C)cc(C)c2C#N)n1. The first kappa shape index (κ1) is 15.5. The summed E-state index contributed by atoms with van der Waals surface area (Å²) in [7, 11) is 0. The highest BCUT2D eigenvalue weighted by atomic mass is 32.2. The molecule has 0 aliphatic heterocycles. The van der Waals surface area contributed by atoms with Crippen LogP contribution in [0.1, 0.15) is 22.5 Å². The van der Waals surface area contributed by atoms with Gasteiger partial charge < -0.3 is 5.32 Å². The van der Waals surface area contributed by atoms with E-state index < -0.39 is 0 Å². The van der Waals surface area contributed by atoms with Gasteiger partial charge in [0.1, 0.15) is 11.1 Å². The quantitative estimate of drug-likeness (QED) is 0.877. The molecule has 0 fully saturated rings. The van der Waals surface area contributed by atoms with Gasteiger partial charge in [-0.1, -0.05) is 11.8 Å². The molecule has 21 heavy (non-hydrogen) atoms. The zero-order chi connectivity index (χ0) is 15.4. The Bertz CT molecular complexity index is 718. The Kier molecular flexibility index (Phi) is 4.94. The van der Waals surface area contributed by atoms with Crippen LogP contribution in [0.5, 0.6) is 0 Å². The molecular formula is C14H14N4OS2. The third-order valence-electron chi connectivity index (χ3n) is 2.63. The molecule has 1 N–H and O–H groups in total. The number of aryl methyl sites for hydroxylation is 3. The second-order valence-electron chi connectivity index (χ2n) is 4.50. The minimum atomic E-state index is -0.154. The predicted octanol–water partition coefficient (Wildman–Crippen LogP) is 3.07. The van der Waals surface area contributed by atoms with Gasteiger partial charge in [0.15, 0.2) is 5.13 Å². The maximum Gasteiger partial charge on any atom is 0.236 e. The van der Waals surface area contributed by atoms with Crippen LogP contribution in [0.25, 0.3) is 0 Å². The average Bonchev–Trinajstić information content (AvgIpc) is 2.81. The highest BCUT2D eigenvalue weighted by Crippen LogP contribution is 2.24. The molecule has 0 aromatic carbocycles. The number of aromatic nitrogens is 2. The smallest absolute Gasteiger partial charge is 0.236 e. The number of thioether (sulfide) groups is 1. The highest BCUT2D eigenvalue weighted by Gasteiger charge is 2.12. The van der Waals surface area contributed by atoms with Gasteiger partial charge in [-0.05, 0) is 32.4 Å². The van der Waals surface area contributed by atoms with Crippen molar-refractivity contribution >= 4 is 34.1 Å². The van der Waals surface area contributed by atoms with Gasteiger partial charge in [0.2, 0.25) is 5.91 Å². The van der Waals surface area contributed by atoms with Crippen LogP contribution in [-0.4, -0.2) is 21.6 Å². The highest BCUT2D eigenvalue weighted by molar-refractivity contribution is 8.00. The molecule has 1 amide bonds. The molecule has 2 aromatic heterocycles. The first-order valence-electron chi connectivity index (χ1n) is 6.22. The molecule has 2 heterocycles. The second kappa shape index (κ2) is 6.70. The topological polar surface area (TPSA) is 78.7 Å². The van der Waals surface area contributed by atoms with Crippen molar-refractivity contribution < 1.29 is 4.79 Å². The second-order valence-corrected chi connectivity index (χ2v) is 6.33. The predicted molar refractivity (Wildman–Crippen MR) is 84.6 cm³/mol. The van der Waals surface area contributed by atoms with Gasteiger partial charge in [-0.15, -0.1) is 11.3 Å². The number of thiazole rings is 1. The summed E-state index contributed by atoms with van der Waals surface area (Å²) in [5.74, 6) is 0.0441. The van der Waals surface area contributed by atoms with Crippen molar-refractivity contribution in [1.29, 1.82) is 5.26 Å². The van der Waals surface area contributed by atoms with E-state index in [1.807, 2.05) is 32.2 Å². The van der Waals surface area contributed by atoms with Gasteiger partial charge in [0.05, 0.1) is 17.0 Å². The van der Waals surface area contributed by atoms with Crippen molar-refractivity contribution in [2.45, 2.75) is 25.8 Å². The molecular weight excluding hydrogens is 304 g/mol. The van der Waals surface area contributed by atoms with Crippen LogP contribution in [-0.2, 0) is 4.79 Å². The van der Waals surface area contributed by atoms with E-state index in [0.29, 0.717) is 15.7 Å². The summed E-state index contributed by atoms with van der Waals surface area (Å²) < 4.78 is 0. The molecule has 0 saturated heterocycles. The molecule has 0 aliphatic rings. The summed E-state index contributed by atoms with van der Waals surface area (Å²) in [6.45, 7) is 5.62. The molecule has 5 nitrogen and oxygen atoms in total. The first-order valence-corrected chi connectivity index (χ1v) is 8.09. The Morgan fingerprint density at radius 1 is 1.38 bits per heavy atom. The molecule has 0 radical (unpaired) electrons. The molecule has 0 aliphatic carbocycles. The van der Waals surface area contributed by atoms with Crippen LogP contribution in [0.2, 0.25) is 0 Å². The Labute approximate surface area is 131 Å². The first-order chi connectivity index (χ1) is 9.99. The van der Waals surface area contributed by atoms with E-state index in [2.05, 4.69) is 21.4 Å². The minimum Gasteiger partial charge on any atom is -0.301 e. The van der Waals surface area contributed by atoms with Crippen molar-refractivity contribution in [3.05, 3.63) is 34.0 Å². The number of anilines is 1. The Morgan fingerprint density at radius 2 is 2.14 bits per heavy atom. The largest absolute Gasteiger partial charge is 0.301 e. The fraction of sp³-hybridized carbons (Fsp3) is 0.286. The monoisotopic (exact) mass is 318 g/mol. The maximum atomic E-state index is 11.9. The van der Waals surface area contributed by atoms with Crippen LogP contribution in [0, 0.1) is 32.1 Å². The van der Waals surface area contributed by atoms with E-state index in [4.69, 9.17) is 0 Å². The lowest BCUT2D eigenvalue weighted by atomic mass is 10.1. The summed E-state index contributed by atoms with van der Waals surface area (Å²) in [4.78, 5) is 20.4. The van der Waals surface area contributed by atoms with E-state index in [1.54, 1.807) is 0 Å². The van der Waals surface area contributed by atoms with Crippen LogP contribution < -0.4 is 5.32 Å². The lowest BCUT2D eigenvalue weighted by Gasteiger charge is -2.07. The summed E-state index contributed by atoms with van der Waals surface area (Å²) in [5.41, 5.74) is 3.13. The van der Waals surface area contributed by atoms with E-state index in [9.17, 15) is 10.1 Å². The van der Waals surface area contributed by atoms with E-state index in [-0.39, 0.29) is 11.7 Å². The number of pyridine rings is 1. The zero-order valence-electron chi connectivity index (χ0n) is 11.9. The molecule has 2 rings (SSSR count). The van der Waals surface area contributed by atoms with Crippen LogP contribution in [0.4, 0.5) is 5.13 Å². The third-order valence-corrected chi connectivity index (χ3v) is 4.48. The zero-order valence-corrected chi connectivity index (χ0v) is 13.6. The Hall–Kier alpha value is -1.91. The molecule has 108 valence electrons. The molecule has 0 spiro atoms. The van der Waals surface area contributed by atoms with Crippen LogP contribution in [0.15, 0.2) is 16.5 Å². The van der Waals surface area contributed by atoms with Gasteiger partial charge in [-0.2, -0.15) is 5.26 Å². The van der Waals surface area contributed by atoms with Crippen molar-refractivity contribution in [2.24, 2.45) is 0 Å². The Balaban J connectivity index is 2.03. The fourth-order valence-corrected chi connectivity index (χ4v) is 3.35. The van der Waals surface area contributed by atoms with Crippen molar-refractivity contribution in [3.63, 3.8) is 0 Å². The number of nitriles is 1. The molecule has 0 unspecified atom stereocenters. The number of nitrogens with zero attached hydrogens (tertiary/aromatic N) is 3. The van der Waals surface area contributed by atoms with Gasteiger partial charge in [-0.3, -0.25) is 4.79 Å². The number of carbonyl (C=O) groups is 1. The van der Waals surface area contributed by atoms with Crippen LogP contribution in [0.3, 0.4) is 0 Å². The Morgan fingerprint density at radius 3 is 2.76 bits per heavy atom. The molecule has 0 saturated carbocycles. The molecule has 0 bridgehead atoms. The van der Waals surface area contributed by atoms with Gasteiger partial charge in [0, 0.05) is 11.1 Å². The van der Waals surface area contributed by atoms with E-state index in [0.717, 1.165) is 17.0 Å². The van der Waals surface area contributed by atoms with Crippen molar-refractivity contribution in [2.75, 3.05) is 11.1 Å². The normalized spacial score (nSPS) is 10.2. The van der Waals surface area contributed by atoms with Gasteiger partial charge >= 0.3 is 0 Å². The number of hydrogen-bond acceptors (Lipinski definition) is 6. The molecule has 0 atom stereocenters. The number of rotatable bonds is 4. The van der Waals surface area contributed by atoms with Gasteiger partial charge in [-0.25, -0.2) is 9.97 Å². The number of amides is 1. The summed E-state index contributed by atoms with van der Waals surface area (Å²) in [6.07, 6.45) is 0. The van der Waals surface area contributed by atoms with Crippen molar-refractivity contribution in [3.8, 4) is 6.07 Å². The summed E-state index contributed by atoms with van der Waals surface area (Å²) >= 11 is 2.66.